The van der Waals surface area contributed by atoms with Crippen LogP contribution in [0.25, 0.3) is 0 Å². The molecule has 1 aromatic carbocycles. The minimum absolute atomic E-state index is 0.206. The van der Waals surface area contributed by atoms with Crippen LogP contribution in [0.1, 0.15) is 32.3 Å². The van der Waals surface area contributed by atoms with E-state index in [0.717, 1.165) is 24.8 Å². The van der Waals surface area contributed by atoms with Gasteiger partial charge in [0, 0.05) is 6.04 Å². The molecule has 90 valence electrons. The van der Waals surface area contributed by atoms with Crippen molar-refractivity contribution in [3.8, 4) is 0 Å². The summed E-state index contributed by atoms with van der Waals surface area (Å²) in [6, 6.07) is 5.45. The Balaban J connectivity index is 2.40. The average molecular weight is 288 g/mol. The Labute approximate surface area is 105 Å². The van der Waals surface area contributed by atoms with E-state index in [1.165, 1.54) is 6.07 Å². The van der Waals surface area contributed by atoms with Gasteiger partial charge in [-0.1, -0.05) is 19.9 Å². The summed E-state index contributed by atoms with van der Waals surface area (Å²) in [6.45, 7) is 4.28. The van der Waals surface area contributed by atoms with Gasteiger partial charge in [0.15, 0.2) is 0 Å². The summed E-state index contributed by atoms with van der Waals surface area (Å²) in [5.74, 6) is 0.322. The van der Waals surface area contributed by atoms with E-state index >= 15 is 0 Å². The van der Waals surface area contributed by atoms with Crippen molar-refractivity contribution >= 4 is 15.9 Å². The predicted octanol–water partition coefficient (Wildman–Crippen LogP) is 3.89. The Morgan fingerprint density at radius 3 is 2.62 bits per heavy atom. The maximum atomic E-state index is 13.0. The van der Waals surface area contributed by atoms with Gasteiger partial charge in [-0.05, 0) is 58.8 Å². The van der Waals surface area contributed by atoms with Gasteiger partial charge in [-0.2, -0.15) is 0 Å². The third kappa shape index (κ3) is 4.22. The van der Waals surface area contributed by atoms with Gasteiger partial charge < -0.3 is 5.73 Å². The molecule has 0 bridgehead atoms. The van der Waals surface area contributed by atoms with Gasteiger partial charge >= 0.3 is 0 Å². The quantitative estimate of drug-likeness (QED) is 0.874. The van der Waals surface area contributed by atoms with E-state index in [9.17, 15) is 4.39 Å². The van der Waals surface area contributed by atoms with Crippen LogP contribution in [0.15, 0.2) is 22.7 Å². The maximum Gasteiger partial charge on any atom is 0.137 e. The summed E-state index contributed by atoms with van der Waals surface area (Å²) in [6.07, 6.45) is 3.03. The number of hydrogen-bond donors (Lipinski definition) is 1. The summed E-state index contributed by atoms with van der Waals surface area (Å²) >= 11 is 3.19. The van der Waals surface area contributed by atoms with Gasteiger partial charge in [-0.15, -0.1) is 0 Å². The minimum atomic E-state index is -0.206. The zero-order chi connectivity index (χ0) is 12.1. The first-order valence-corrected chi connectivity index (χ1v) is 6.49. The van der Waals surface area contributed by atoms with Crippen LogP contribution in [0.4, 0.5) is 4.39 Å². The predicted molar refractivity (Wildman–Crippen MR) is 69.9 cm³/mol. The molecule has 0 saturated heterocycles. The summed E-state index contributed by atoms with van der Waals surface area (Å²) in [5.41, 5.74) is 7.12. The molecule has 1 nitrogen and oxygen atoms in total. The van der Waals surface area contributed by atoms with Crippen LogP contribution in [0.2, 0.25) is 0 Å². The van der Waals surface area contributed by atoms with E-state index in [2.05, 4.69) is 29.8 Å². The average Bonchev–Trinajstić information content (AvgIpc) is 2.23. The molecule has 0 amide bonds. The molecule has 0 aromatic heterocycles. The molecule has 0 fully saturated rings. The Morgan fingerprint density at radius 1 is 1.38 bits per heavy atom. The lowest BCUT2D eigenvalue weighted by Crippen LogP contribution is -2.26. The van der Waals surface area contributed by atoms with Gasteiger partial charge in [-0.25, -0.2) is 4.39 Å². The second kappa shape index (κ2) is 6.36. The van der Waals surface area contributed by atoms with Crippen LogP contribution in [0.3, 0.4) is 0 Å². The van der Waals surface area contributed by atoms with Crippen LogP contribution < -0.4 is 5.73 Å². The SMILES string of the molecule is CC(C)C(N)CCCc1ccc(F)c(Br)c1. The highest BCUT2D eigenvalue weighted by Crippen LogP contribution is 2.18. The summed E-state index contributed by atoms with van der Waals surface area (Å²) in [7, 11) is 0. The zero-order valence-electron chi connectivity index (χ0n) is 9.84. The first kappa shape index (κ1) is 13.7. The molecule has 0 radical (unpaired) electrons. The van der Waals surface area contributed by atoms with Gasteiger partial charge in [0.2, 0.25) is 0 Å². The lowest BCUT2D eigenvalue weighted by Gasteiger charge is -2.15. The van der Waals surface area contributed by atoms with Crippen molar-refractivity contribution in [2.45, 2.75) is 39.2 Å². The van der Waals surface area contributed by atoms with E-state index in [1.54, 1.807) is 0 Å². The topological polar surface area (TPSA) is 26.0 Å². The maximum absolute atomic E-state index is 13.0. The fourth-order valence-corrected chi connectivity index (χ4v) is 2.00. The molecule has 0 heterocycles. The standard InChI is InChI=1S/C13H19BrFN/c1-9(2)13(16)5-3-4-10-6-7-12(15)11(14)8-10/h6-9,13H,3-5,16H2,1-2H3. The smallest absolute Gasteiger partial charge is 0.137 e. The van der Waals surface area contributed by atoms with Gasteiger partial charge in [0.1, 0.15) is 5.82 Å². The second-order valence-corrected chi connectivity index (χ2v) is 5.40. The third-order valence-electron chi connectivity index (χ3n) is 2.84. The van der Waals surface area contributed by atoms with Gasteiger partial charge in [0.05, 0.1) is 4.47 Å². The molecular formula is C13H19BrFN. The van der Waals surface area contributed by atoms with Crippen LogP contribution in [0.5, 0.6) is 0 Å². The monoisotopic (exact) mass is 287 g/mol. The molecule has 2 N–H and O–H groups in total. The summed E-state index contributed by atoms with van der Waals surface area (Å²) < 4.78 is 13.5. The van der Waals surface area contributed by atoms with Gasteiger partial charge in [0.25, 0.3) is 0 Å². The van der Waals surface area contributed by atoms with Crippen LogP contribution in [-0.2, 0) is 6.42 Å². The number of rotatable bonds is 5. The minimum Gasteiger partial charge on any atom is -0.327 e. The zero-order valence-corrected chi connectivity index (χ0v) is 11.4. The Hall–Kier alpha value is -0.410. The van der Waals surface area contributed by atoms with Crippen molar-refractivity contribution in [2.75, 3.05) is 0 Å². The summed E-state index contributed by atoms with van der Waals surface area (Å²) in [4.78, 5) is 0. The highest BCUT2D eigenvalue weighted by molar-refractivity contribution is 9.10. The molecule has 0 spiro atoms. The highest BCUT2D eigenvalue weighted by atomic mass is 79.9. The molecule has 0 aliphatic heterocycles. The first-order chi connectivity index (χ1) is 7.50. The Kier molecular flexibility index (Phi) is 5.42. The van der Waals surface area contributed by atoms with E-state index in [4.69, 9.17) is 5.73 Å². The normalized spacial score (nSPS) is 13.1. The van der Waals surface area contributed by atoms with Crippen molar-refractivity contribution in [3.63, 3.8) is 0 Å². The number of nitrogens with two attached hydrogens (primary N) is 1. The molecule has 0 aliphatic carbocycles. The fraction of sp³-hybridized carbons (Fsp3) is 0.538. The molecule has 0 aliphatic rings. The van der Waals surface area contributed by atoms with Crippen molar-refractivity contribution in [3.05, 3.63) is 34.1 Å². The van der Waals surface area contributed by atoms with Crippen LogP contribution in [0, 0.1) is 11.7 Å². The Bertz CT molecular complexity index is 339. The van der Waals surface area contributed by atoms with E-state index in [-0.39, 0.29) is 11.9 Å². The number of hydrogen-bond acceptors (Lipinski definition) is 1. The van der Waals surface area contributed by atoms with Crippen LogP contribution >= 0.6 is 15.9 Å². The molecule has 16 heavy (non-hydrogen) atoms. The molecule has 1 unspecified atom stereocenters. The fourth-order valence-electron chi connectivity index (χ4n) is 1.57. The van der Waals surface area contributed by atoms with Crippen molar-refractivity contribution in [2.24, 2.45) is 11.7 Å². The first-order valence-electron chi connectivity index (χ1n) is 5.70. The van der Waals surface area contributed by atoms with Crippen molar-refractivity contribution in [1.82, 2.24) is 0 Å². The molecule has 1 rings (SSSR count). The van der Waals surface area contributed by atoms with E-state index in [0.29, 0.717) is 10.4 Å². The summed E-state index contributed by atoms with van der Waals surface area (Å²) in [5, 5.41) is 0. The molecule has 3 heteroatoms. The Morgan fingerprint density at radius 2 is 2.06 bits per heavy atom. The highest BCUT2D eigenvalue weighted by Gasteiger charge is 2.07. The molecule has 1 aromatic rings. The van der Waals surface area contributed by atoms with E-state index < -0.39 is 0 Å². The second-order valence-electron chi connectivity index (χ2n) is 4.55. The largest absolute Gasteiger partial charge is 0.327 e. The van der Waals surface area contributed by atoms with Crippen molar-refractivity contribution in [1.29, 1.82) is 0 Å². The lowest BCUT2D eigenvalue weighted by molar-refractivity contribution is 0.452. The third-order valence-corrected chi connectivity index (χ3v) is 3.45. The number of halogens is 2. The van der Waals surface area contributed by atoms with Crippen molar-refractivity contribution < 1.29 is 4.39 Å². The van der Waals surface area contributed by atoms with Gasteiger partial charge in [-0.3, -0.25) is 0 Å². The molecule has 0 saturated carbocycles. The lowest BCUT2D eigenvalue weighted by atomic mass is 9.98. The van der Waals surface area contributed by atoms with E-state index in [1.807, 2.05) is 12.1 Å². The molecular weight excluding hydrogens is 269 g/mol. The number of aryl methyl sites for hydroxylation is 1. The number of benzene rings is 1. The molecule has 1 atom stereocenters. The van der Waals surface area contributed by atoms with Crippen LogP contribution in [-0.4, -0.2) is 6.04 Å².